The number of aldehydes is 1. The molecular weight excluding hydrogens is 250 g/mol. The molecule has 0 aliphatic rings. The van der Waals surface area contributed by atoms with Crippen molar-refractivity contribution in [2.45, 2.75) is 24.2 Å². The average molecular weight is 262 g/mol. The lowest BCUT2D eigenvalue weighted by Crippen LogP contribution is -2.06. The molecule has 1 rings (SSSR count). The summed E-state index contributed by atoms with van der Waals surface area (Å²) in [6.45, 7) is 1.53. The Kier molecular flexibility index (Phi) is 3.98. The summed E-state index contributed by atoms with van der Waals surface area (Å²) in [5.41, 5.74) is -0.0995. The van der Waals surface area contributed by atoms with Crippen LogP contribution >= 0.6 is 0 Å². The Hall–Kier alpha value is -1.30. The van der Waals surface area contributed by atoms with E-state index >= 15 is 0 Å². The van der Waals surface area contributed by atoms with Gasteiger partial charge in [-0.3, -0.25) is 0 Å². The Morgan fingerprint density at radius 2 is 1.94 bits per heavy atom. The van der Waals surface area contributed by atoms with Crippen molar-refractivity contribution >= 4 is 16.1 Å². The number of carbonyl (C=O) groups excluding carboxylic acids is 1. The monoisotopic (exact) mass is 262 g/mol. The molecule has 0 aliphatic heterocycles. The maximum Gasteiger partial charge on any atom is 0.175 e. The summed E-state index contributed by atoms with van der Waals surface area (Å²) in [4.78, 5) is 10.0. The van der Waals surface area contributed by atoms with Crippen LogP contribution in [0.1, 0.15) is 24.8 Å². The smallest absolute Gasteiger partial charge is 0.175 e. The average Bonchev–Trinajstić information content (AvgIpc) is 2.20. The molecule has 0 fully saturated rings. The Bertz CT molecular complexity index is 538. The van der Waals surface area contributed by atoms with Crippen LogP contribution in [0, 0.1) is 11.6 Å². The fourth-order valence-electron chi connectivity index (χ4n) is 1.43. The third kappa shape index (κ3) is 3.09. The summed E-state index contributed by atoms with van der Waals surface area (Å²) >= 11 is 0. The molecule has 0 bridgehead atoms. The molecule has 0 saturated heterocycles. The van der Waals surface area contributed by atoms with E-state index in [0.717, 1.165) is 12.3 Å². The van der Waals surface area contributed by atoms with E-state index in [1.807, 2.05) is 0 Å². The first-order valence-electron chi connectivity index (χ1n) is 4.90. The van der Waals surface area contributed by atoms with E-state index in [9.17, 15) is 22.0 Å². The van der Waals surface area contributed by atoms with Crippen molar-refractivity contribution in [1.82, 2.24) is 0 Å². The summed E-state index contributed by atoms with van der Waals surface area (Å²) in [6.07, 6.45) is 1.49. The van der Waals surface area contributed by atoms with Gasteiger partial charge in [-0.05, 0) is 23.6 Å². The first-order valence-corrected chi connectivity index (χ1v) is 6.79. The first-order chi connectivity index (χ1) is 7.77. The lowest BCUT2D eigenvalue weighted by atomic mass is 9.98. The number of hydrogen-bond donors (Lipinski definition) is 0. The van der Waals surface area contributed by atoms with Crippen molar-refractivity contribution < 1.29 is 22.0 Å². The van der Waals surface area contributed by atoms with Crippen LogP contribution in [0.2, 0.25) is 0 Å². The fraction of sp³-hybridized carbons (Fsp3) is 0.364. The van der Waals surface area contributed by atoms with Crippen molar-refractivity contribution in [2.75, 3.05) is 6.26 Å². The number of hydrogen-bond acceptors (Lipinski definition) is 3. The lowest BCUT2D eigenvalue weighted by molar-refractivity contribution is -0.108. The second-order valence-corrected chi connectivity index (χ2v) is 5.90. The molecule has 0 spiro atoms. The van der Waals surface area contributed by atoms with Gasteiger partial charge in [0.05, 0.1) is 4.90 Å². The molecule has 17 heavy (non-hydrogen) atoms. The Balaban J connectivity index is 3.40. The van der Waals surface area contributed by atoms with E-state index in [0.29, 0.717) is 12.4 Å². The van der Waals surface area contributed by atoms with E-state index in [1.165, 1.54) is 6.92 Å². The number of rotatable bonds is 4. The highest BCUT2D eigenvalue weighted by Gasteiger charge is 2.19. The van der Waals surface area contributed by atoms with Gasteiger partial charge in [0.2, 0.25) is 0 Å². The maximum absolute atomic E-state index is 13.5. The molecule has 3 nitrogen and oxygen atoms in total. The van der Waals surface area contributed by atoms with E-state index < -0.39 is 27.4 Å². The van der Waals surface area contributed by atoms with Crippen molar-refractivity contribution in [3.8, 4) is 0 Å². The van der Waals surface area contributed by atoms with E-state index in [1.54, 1.807) is 0 Å². The summed E-state index contributed by atoms with van der Waals surface area (Å²) in [5.74, 6) is -2.89. The fourth-order valence-corrected chi connectivity index (χ4v) is 2.09. The number of carbonyl (C=O) groups is 1. The van der Waals surface area contributed by atoms with Crippen molar-refractivity contribution in [3.05, 3.63) is 29.3 Å². The van der Waals surface area contributed by atoms with Gasteiger partial charge in [-0.1, -0.05) is 6.92 Å². The highest BCUT2D eigenvalue weighted by Crippen LogP contribution is 2.26. The highest BCUT2D eigenvalue weighted by atomic mass is 32.2. The number of halogens is 2. The molecule has 0 aromatic heterocycles. The van der Waals surface area contributed by atoms with Gasteiger partial charge < -0.3 is 4.79 Å². The van der Waals surface area contributed by atoms with Crippen LogP contribution in [-0.4, -0.2) is 21.0 Å². The van der Waals surface area contributed by atoms with Crippen LogP contribution in [0.25, 0.3) is 0 Å². The molecule has 1 aromatic rings. The van der Waals surface area contributed by atoms with Gasteiger partial charge in [-0.15, -0.1) is 0 Å². The summed E-state index contributed by atoms with van der Waals surface area (Å²) < 4.78 is 49.2. The highest BCUT2D eigenvalue weighted by molar-refractivity contribution is 7.90. The minimum Gasteiger partial charge on any atom is -0.303 e. The van der Waals surface area contributed by atoms with E-state index in [4.69, 9.17) is 0 Å². The normalized spacial score (nSPS) is 13.4. The standard InChI is InChI=1S/C11H12F2O3S/c1-7(3-4-14)9-5-8(17(2,15)16)6-10(12)11(9)13/h4-7H,3H2,1-2H3. The van der Waals surface area contributed by atoms with Gasteiger partial charge in [0.15, 0.2) is 21.5 Å². The zero-order chi connectivity index (χ0) is 13.2. The minimum absolute atomic E-state index is 0.00355. The molecule has 1 aromatic carbocycles. The Morgan fingerprint density at radius 3 is 2.41 bits per heavy atom. The molecule has 0 N–H and O–H groups in total. The van der Waals surface area contributed by atoms with E-state index in [2.05, 4.69) is 0 Å². The molecule has 0 aliphatic carbocycles. The quantitative estimate of drug-likeness (QED) is 0.616. The molecule has 1 unspecified atom stereocenters. The largest absolute Gasteiger partial charge is 0.303 e. The topological polar surface area (TPSA) is 51.2 Å². The van der Waals surface area contributed by atoms with Gasteiger partial charge in [-0.25, -0.2) is 17.2 Å². The van der Waals surface area contributed by atoms with E-state index in [-0.39, 0.29) is 16.9 Å². The van der Waals surface area contributed by atoms with Gasteiger partial charge in [-0.2, -0.15) is 0 Å². The summed E-state index contributed by atoms with van der Waals surface area (Å²) in [5, 5.41) is 0. The van der Waals surface area contributed by atoms with Crippen molar-refractivity contribution in [3.63, 3.8) is 0 Å². The zero-order valence-electron chi connectivity index (χ0n) is 9.41. The third-order valence-electron chi connectivity index (χ3n) is 2.44. The Morgan fingerprint density at radius 1 is 1.35 bits per heavy atom. The van der Waals surface area contributed by atoms with Crippen LogP contribution in [0.15, 0.2) is 17.0 Å². The summed E-state index contributed by atoms with van der Waals surface area (Å²) in [7, 11) is -3.61. The van der Waals surface area contributed by atoms with Gasteiger partial charge in [0, 0.05) is 12.7 Å². The second kappa shape index (κ2) is 4.91. The molecule has 0 amide bonds. The molecule has 0 saturated carbocycles. The lowest BCUT2D eigenvalue weighted by Gasteiger charge is -2.11. The van der Waals surface area contributed by atoms with Gasteiger partial charge >= 0.3 is 0 Å². The van der Waals surface area contributed by atoms with Crippen LogP contribution in [0.5, 0.6) is 0 Å². The van der Waals surface area contributed by atoms with Crippen molar-refractivity contribution in [2.24, 2.45) is 0 Å². The molecule has 0 radical (unpaired) electrons. The molecule has 6 heteroatoms. The third-order valence-corrected chi connectivity index (χ3v) is 3.53. The maximum atomic E-state index is 13.5. The SMILES string of the molecule is CC(CC=O)c1cc(S(C)(=O)=O)cc(F)c1F. The molecule has 0 heterocycles. The van der Waals surface area contributed by atoms with Crippen LogP contribution in [-0.2, 0) is 14.6 Å². The minimum atomic E-state index is -3.61. The predicted molar refractivity (Wildman–Crippen MR) is 58.6 cm³/mol. The second-order valence-electron chi connectivity index (χ2n) is 3.88. The number of benzene rings is 1. The molecule has 94 valence electrons. The van der Waals surface area contributed by atoms with Crippen molar-refractivity contribution in [1.29, 1.82) is 0 Å². The molecular formula is C11H12F2O3S. The zero-order valence-corrected chi connectivity index (χ0v) is 10.2. The predicted octanol–water partition coefficient (Wildman–Crippen LogP) is 2.06. The van der Waals surface area contributed by atoms with Crippen LogP contribution in [0.4, 0.5) is 8.78 Å². The Labute approximate surface area is 98.4 Å². The number of sulfone groups is 1. The van der Waals surface area contributed by atoms with Crippen LogP contribution in [0.3, 0.4) is 0 Å². The first kappa shape index (κ1) is 13.8. The summed E-state index contributed by atoms with van der Waals surface area (Å²) in [6, 6.07) is 1.71. The molecule has 1 atom stereocenters. The van der Waals surface area contributed by atoms with Crippen LogP contribution < -0.4 is 0 Å². The van der Waals surface area contributed by atoms with Gasteiger partial charge in [0.25, 0.3) is 0 Å². The van der Waals surface area contributed by atoms with Gasteiger partial charge in [0.1, 0.15) is 6.29 Å².